The van der Waals surface area contributed by atoms with Crippen molar-refractivity contribution in [2.45, 2.75) is 13.0 Å². The number of amides is 1. The van der Waals surface area contributed by atoms with E-state index in [9.17, 15) is 4.79 Å². The summed E-state index contributed by atoms with van der Waals surface area (Å²) in [5.41, 5.74) is 0.984. The normalized spacial score (nSPS) is 21.9. The minimum absolute atomic E-state index is 0.221. The molecule has 1 aromatic rings. The molecule has 0 aliphatic carbocycles. The van der Waals surface area contributed by atoms with E-state index in [1.54, 1.807) is 6.20 Å². The highest BCUT2D eigenvalue weighted by atomic mass is 32.1. The maximum atomic E-state index is 11.5. The van der Waals surface area contributed by atoms with Crippen LogP contribution in [0.2, 0.25) is 0 Å². The van der Waals surface area contributed by atoms with Gasteiger partial charge in [0.2, 0.25) is 5.91 Å². The Labute approximate surface area is 88.1 Å². The number of rotatable bonds is 3. The summed E-state index contributed by atoms with van der Waals surface area (Å²) in [5.74, 6) is 1.41. The van der Waals surface area contributed by atoms with Crippen LogP contribution in [0.3, 0.4) is 0 Å². The number of carbonyl (C=O) groups excluding carboxylic acids is 1. The molecule has 2 heterocycles. The van der Waals surface area contributed by atoms with Gasteiger partial charge in [-0.05, 0) is 17.7 Å². The fourth-order valence-electron chi connectivity index (χ4n) is 1.71. The predicted molar refractivity (Wildman–Crippen MR) is 56.0 cm³/mol. The van der Waals surface area contributed by atoms with Crippen molar-refractivity contribution >= 4 is 18.5 Å². The maximum Gasteiger partial charge on any atom is 0.223 e. The number of hydrogen-bond donors (Lipinski definition) is 2. The zero-order valence-electron chi connectivity index (χ0n) is 7.81. The lowest BCUT2D eigenvalue weighted by Gasteiger charge is -2.14. The first-order chi connectivity index (χ1) is 6.79. The molecule has 0 radical (unpaired) electrons. The van der Waals surface area contributed by atoms with E-state index in [1.165, 1.54) is 0 Å². The first-order valence-corrected chi connectivity index (χ1v) is 5.29. The van der Waals surface area contributed by atoms with Crippen LogP contribution in [0.15, 0.2) is 12.3 Å². The summed E-state index contributed by atoms with van der Waals surface area (Å²) in [4.78, 5) is 13.4. The van der Waals surface area contributed by atoms with E-state index >= 15 is 0 Å². The second-order valence-electron chi connectivity index (χ2n) is 3.61. The number of likely N-dealkylation sites (tertiary alicyclic amines) is 1. The summed E-state index contributed by atoms with van der Waals surface area (Å²) in [7, 11) is 0. The molecule has 2 rings (SSSR count). The summed E-state index contributed by atoms with van der Waals surface area (Å²) in [5, 5.41) is 6.70. The average Bonchev–Trinajstić information content (AvgIpc) is 2.78. The Hall–Kier alpha value is -0.970. The van der Waals surface area contributed by atoms with Crippen LogP contribution in [-0.2, 0) is 11.3 Å². The predicted octanol–water partition coefficient (Wildman–Crippen LogP) is 0.688. The lowest BCUT2D eigenvalue weighted by molar-refractivity contribution is -0.128. The number of carbonyl (C=O) groups is 1. The Bertz CT molecular complexity index is 312. The van der Waals surface area contributed by atoms with Crippen LogP contribution in [0.25, 0.3) is 0 Å². The third-order valence-corrected chi connectivity index (χ3v) is 2.99. The van der Waals surface area contributed by atoms with Gasteiger partial charge < -0.3 is 4.90 Å². The molecule has 1 unspecified atom stereocenters. The zero-order valence-corrected chi connectivity index (χ0v) is 8.70. The van der Waals surface area contributed by atoms with Gasteiger partial charge in [0.1, 0.15) is 0 Å². The van der Waals surface area contributed by atoms with Crippen LogP contribution in [0.1, 0.15) is 12.1 Å². The van der Waals surface area contributed by atoms with E-state index in [4.69, 9.17) is 0 Å². The number of H-pyrrole nitrogens is 1. The molecule has 1 N–H and O–H groups in total. The molecule has 1 atom stereocenters. The van der Waals surface area contributed by atoms with Gasteiger partial charge in [-0.25, -0.2) is 0 Å². The number of aromatic amines is 1. The fourth-order valence-corrected chi connectivity index (χ4v) is 1.95. The standard InChI is InChI=1S/C9H13N3OS/c13-9-3-7(6-14)4-12(9)5-8-1-2-10-11-8/h1-2,7,14H,3-6H2,(H,10,11). The van der Waals surface area contributed by atoms with Crippen LogP contribution in [0.4, 0.5) is 0 Å². The Morgan fingerprint density at radius 1 is 1.71 bits per heavy atom. The fraction of sp³-hybridized carbons (Fsp3) is 0.556. The van der Waals surface area contributed by atoms with Gasteiger partial charge in [0.15, 0.2) is 0 Å². The van der Waals surface area contributed by atoms with E-state index in [0.717, 1.165) is 18.0 Å². The molecule has 0 bridgehead atoms. The van der Waals surface area contributed by atoms with Crippen molar-refractivity contribution in [1.29, 1.82) is 0 Å². The number of nitrogens with zero attached hydrogens (tertiary/aromatic N) is 2. The quantitative estimate of drug-likeness (QED) is 0.723. The minimum atomic E-state index is 0.221. The highest BCUT2D eigenvalue weighted by Crippen LogP contribution is 2.20. The molecule has 1 saturated heterocycles. The molecule has 4 nitrogen and oxygen atoms in total. The molecule has 76 valence electrons. The van der Waals surface area contributed by atoms with Crippen molar-refractivity contribution in [2.24, 2.45) is 5.92 Å². The summed E-state index contributed by atoms with van der Waals surface area (Å²) in [6.07, 6.45) is 2.34. The van der Waals surface area contributed by atoms with Gasteiger partial charge in [0, 0.05) is 19.2 Å². The van der Waals surface area contributed by atoms with Gasteiger partial charge in [-0.3, -0.25) is 9.89 Å². The maximum absolute atomic E-state index is 11.5. The monoisotopic (exact) mass is 211 g/mol. The first-order valence-electron chi connectivity index (χ1n) is 4.66. The number of nitrogens with one attached hydrogen (secondary N) is 1. The van der Waals surface area contributed by atoms with E-state index in [2.05, 4.69) is 22.8 Å². The second kappa shape index (κ2) is 4.04. The molecule has 1 aliphatic rings. The second-order valence-corrected chi connectivity index (χ2v) is 3.97. The van der Waals surface area contributed by atoms with Crippen molar-refractivity contribution in [2.75, 3.05) is 12.3 Å². The number of thiol groups is 1. The Kier molecular flexibility index (Phi) is 2.77. The van der Waals surface area contributed by atoms with Gasteiger partial charge in [-0.1, -0.05) is 0 Å². The molecule has 5 heteroatoms. The van der Waals surface area contributed by atoms with Crippen LogP contribution in [-0.4, -0.2) is 33.3 Å². The molecule has 0 spiro atoms. The van der Waals surface area contributed by atoms with E-state index < -0.39 is 0 Å². The number of aromatic nitrogens is 2. The summed E-state index contributed by atoms with van der Waals surface area (Å²) in [6, 6.07) is 1.89. The topological polar surface area (TPSA) is 49.0 Å². The molecule has 1 fully saturated rings. The molecular formula is C9H13N3OS. The molecule has 1 aromatic heterocycles. The van der Waals surface area contributed by atoms with Crippen molar-refractivity contribution < 1.29 is 4.79 Å². The summed E-state index contributed by atoms with van der Waals surface area (Å²) >= 11 is 4.21. The van der Waals surface area contributed by atoms with Gasteiger partial charge >= 0.3 is 0 Å². The van der Waals surface area contributed by atoms with E-state index in [1.807, 2.05) is 11.0 Å². The molecular weight excluding hydrogens is 198 g/mol. The largest absolute Gasteiger partial charge is 0.336 e. The van der Waals surface area contributed by atoms with Crippen LogP contribution >= 0.6 is 12.6 Å². The Balaban J connectivity index is 1.96. The van der Waals surface area contributed by atoms with E-state index in [0.29, 0.717) is 18.9 Å². The Morgan fingerprint density at radius 2 is 2.57 bits per heavy atom. The smallest absolute Gasteiger partial charge is 0.223 e. The van der Waals surface area contributed by atoms with Gasteiger partial charge in [0.05, 0.1) is 12.2 Å². The zero-order chi connectivity index (χ0) is 9.97. The minimum Gasteiger partial charge on any atom is -0.336 e. The lowest BCUT2D eigenvalue weighted by atomic mass is 10.1. The van der Waals surface area contributed by atoms with Gasteiger partial charge in [-0.15, -0.1) is 0 Å². The first kappa shape index (κ1) is 9.58. The third-order valence-electron chi connectivity index (χ3n) is 2.47. The molecule has 1 amide bonds. The Morgan fingerprint density at radius 3 is 3.14 bits per heavy atom. The summed E-state index contributed by atoms with van der Waals surface area (Å²) in [6.45, 7) is 1.46. The van der Waals surface area contributed by atoms with Crippen LogP contribution < -0.4 is 0 Å². The lowest BCUT2D eigenvalue weighted by Crippen LogP contribution is -2.24. The SMILES string of the molecule is O=C1CC(CS)CN1Cc1ccn[nH]1. The van der Waals surface area contributed by atoms with Gasteiger partial charge in [-0.2, -0.15) is 17.7 Å². The third kappa shape index (κ3) is 1.92. The van der Waals surface area contributed by atoms with Crippen molar-refractivity contribution in [3.63, 3.8) is 0 Å². The van der Waals surface area contributed by atoms with E-state index in [-0.39, 0.29) is 5.91 Å². The molecule has 0 saturated carbocycles. The van der Waals surface area contributed by atoms with Crippen molar-refractivity contribution in [1.82, 2.24) is 15.1 Å². The van der Waals surface area contributed by atoms with Crippen LogP contribution in [0, 0.1) is 5.92 Å². The highest BCUT2D eigenvalue weighted by Gasteiger charge is 2.28. The van der Waals surface area contributed by atoms with Crippen LogP contribution in [0.5, 0.6) is 0 Å². The van der Waals surface area contributed by atoms with Gasteiger partial charge in [0.25, 0.3) is 0 Å². The van der Waals surface area contributed by atoms with Crippen molar-refractivity contribution in [3.05, 3.63) is 18.0 Å². The summed E-state index contributed by atoms with van der Waals surface area (Å²) < 4.78 is 0. The average molecular weight is 211 g/mol. The highest BCUT2D eigenvalue weighted by molar-refractivity contribution is 7.80. The molecule has 0 aromatic carbocycles. The molecule has 1 aliphatic heterocycles. The number of hydrogen-bond acceptors (Lipinski definition) is 3. The molecule has 14 heavy (non-hydrogen) atoms. The van der Waals surface area contributed by atoms with Crippen molar-refractivity contribution in [3.8, 4) is 0 Å².